The summed E-state index contributed by atoms with van der Waals surface area (Å²) in [6, 6.07) is 3.17. The van der Waals surface area contributed by atoms with Gasteiger partial charge in [-0.1, -0.05) is 20.3 Å². The quantitative estimate of drug-likeness (QED) is 0.885. The van der Waals surface area contributed by atoms with Crippen LogP contribution in [0.5, 0.6) is 0 Å². The number of hydrogen-bond donors (Lipinski definition) is 1. The molecular formula is C14H17BrFNO. The topological polar surface area (TPSA) is 25.2 Å². The van der Waals surface area contributed by atoms with Gasteiger partial charge in [-0.25, -0.2) is 4.39 Å². The number of furan rings is 1. The maximum absolute atomic E-state index is 14.0. The number of benzene rings is 1. The number of fused-ring (bicyclic) bond motifs is 1. The van der Waals surface area contributed by atoms with Crippen LogP contribution >= 0.6 is 15.9 Å². The molecule has 0 saturated carbocycles. The molecule has 98 valence electrons. The van der Waals surface area contributed by atoms with Crippen molar-refractivity contribution >= 4 is 26.9 Å². The fourth-order valence-corrected chi connectivity index (χ4v) is 2.55. The molecule has 1 heterocycles. The Morgan fingerprint density at radius 3 is 2.78 bits per heavy atom. The fraction of sp³-hybridized carbons (Fsp3) is 0.429. The van der Waals surface area contributed by atoms with Gasteiger partial charge in [0.1, 0.15) is 11.6 Å². The second kappa shape index (κ2) is 5.85. The number of nitrogens with one attached hydrogen (secondary N) is 1. The van der Waals surface area contributed by atoms with Gasteiger partial charge in [0, 0.05) is 5.56 Å². The predicted octanol–water partition coefficient (Wildman–Crippen LogP) is 4.40. The van der Waals surface area contributed by atoms with Gasteiger partial charge < -0.3 is 9.73 Å². The molecule has 1 aromatic carbocycles. The first-order valence-electron chi connectivity index (χ1n) is 6.28. The van der Waals surface area contributed by atoms with E-state index in [1.807, 2.05) is 6.92 Å². The van der Waals surface area contributed by atoms with Crippen molar-refractivity contribution in [2.24, 2.45) is 0 Å². The van der Waals surface area contributed by atoms with E-state index in [2.05, 4.69) is 28.2 Å². The van der Waals surface area contributed by atoms with Gasteiger partial charge in [-0.3, -0.25) is 0 Å². The first-order valence-corrected chi connectivity index (χ1v) is 7.07. The van der Waals surface area contributed by atoms with E-state index in [-0.39, 0.29) is 5.82 Å². The lowest BCUT2D eigenvalue weighted by atomic mass is 10.1. The molecule has 1 aromatic heterocycles. The molecule has 0 amide bonds. The summed E-state index contributed by atoms with van der Waals surface area (Å²) in [5.41, 5.74) is 1.61. The molecule has 0 radical (unpaired) electrons. The average Bonchev–Trinajstić information content (AvgIpc) is 2.72. The van der Waals surface area contributed by atoms with Crippen molar-refractivity contribution in [1.29, 1.82) is 0 Å². The number of rotatable bonds is 5. The summed E-state index contributed by atoms with van der Waals surface area (Å²) < 4.78 is 20.6. The van der Waals surface area contributed by atoms with Gasteiger partial charge >= 0.3 is 0 Å². The SMILES string of the molecule is CCCc1c(CNCC)oc2c(Br)ccc(F)c12. The molecule has 0 saturated heterocycles. The number of aryl methyl sites for hydroxylation is 1. The first-order chi connectivity index (χ1) is 8.69. The average molecular weight is 314 g/mol. The Hall–Kier alpha value is -0.870. The van der Waals surface area contributed by atoms with E-state index in [4.69, 9.17) is 4.42 Å². The lowest BCUT2D eigenvalue weighted by molar-refractivity contribution is 0.511. The Morgan fingerprint density at radius 1 is 1.33 bits per heavy atom. The molecule has 0 unspecified atom stereocenters. The van der Waals surface area contributed by atoms with Gasteiger partial charge in [0.25, 0.3) is 0 Å². The van der Waals surface area contributed by atoms with E-state index in [0.717, 1.165) is 35.2 Å². The van der Waals surface area contributed by atoms with Gasteiger partial charge in [0.2, 0.25) is 0 Å². The highest BCUT2D eigenvalue weighted by Crippen LogP contribution is 2.34. The molecule has 4 heteroatoms. The van der Waals surface area contributed by atoms with Crippen molar-refractivity contribution in [3.05, 3.63) is 33.7 Å². The van der Waals surface area contributed by atoms with E-state index >= 15 is 0 Å². The zero-order valence-electron chi connectivity index (χ0n) is 10.6. The minimum absolute atomic E-state index is 0.205. The van der Waals surface area contributed by atoms with Crippen molar-refractivity contribution < 1.29 is 8.81 Å². The van der Waals surface area contributed by atoms with Crippen molar-refractivity contribution in [2.45, 2.75) is 33.2 Å². The summed E-state index contributed by atoms with van der Waals surface area (Å²) in [5, 5.41) is 3.86. The standard InChI is InChI=1S/C14H17BrFNO/c1-3-5-9-12(8-17-4-2)18-14-10(15)6-7-11(16)13(9)14/h6-7,17H,3-5,8H2,1-2H3. The van der Waals surface area contributed by atoms with Gasteiger partial charge in [-0.2, -0.15) is 0 Å². The highest BCUT2D eigenvalue weighted by Gasteiger charge is 2.18. The monoisotopic (exact) mass is 313 g/mol. The van der Waals surface area contributed by atoms with Crippen LogP contribution in [-0.4, -0.2) is 6.54 Å². The van der Waals surface area contributed by atoms with E-state index < -0.39 is 0 Å². The molecule has 0 atom stereocenters. The summed E-state index contributed by atoms with van der Waals surface area (Å²) in [4.78, 5) is 0. The molecule has 0 fully saturated rings. The van der Waals surface area contributed by atoms with Crippen LogP contribution in [0.4, 0.5) is 4.39 Å². The van der Waals surface area contributed by atoms with Crippen LogP contribution in [0, 0.1) is 5.82 Å². The zero-order chi connectivity index (χ0) is 13.1. The number of halogens is 2. The van der Waals surface area contributed by atoms with Crippen molar-refractivity contribution in [3.8, 4) is 0 Å². The lowest BCUT2D eigenvalue weighted by Gasteiger charge is -2.02. The molecule has 2 rings (SSSR count). The molecule has 2 nitrogen and oxygen atoms in total. The minimum Gasteiger partial charge on any atom is -0.458 e. The molecule has 0 spiro atoms. The minimum atomic E-state index is -0.205. The molecule has 2 aromatic rings. The lowest BCUT2D eigenvalue weighted by Crippen LogP contribution is -2.12. The Morgan fingerprint density at radius 2 is 2.11 bits per heavy atom. The fourth-order valence-electron chi connectivity index (χ4n) is 2.13. The van der Waals surface area contributed by atoms with Crippen LogP contribution in [0.1, 0.15) is 31.6 Å². The molecule has 1 N–H and O–H groups in total. The highest BCUT2D eigenvalue weighted by molar-refractivity contribution is 9.10. The Kier molecular flexibility index (Phi) is 4.40. The third-order valence-corrected chi connectivity index (χ3v) is 3.58. The zero-order valence-corrected chi connectivity index (χ0v) is 12.2. The highest BCUT2D eigenvalue weighted by atomic mass is 79.9. The normalized spacial score (nSPS) is 11.3. The van der Waals surface area contributed by atoms with Crippen LogP contribution in [0.2, 0.25) is 0 Å². The summed E-state index contributed by atoms with van der Waals surface area (Å²) >= 11 is 3.42. The second-order valence-corrected chi connectivity index (χ2v) is 5.12. The van der Waals surface area contributed by atoms with E-state index in [9.17, 15) is 4.39 Å². The molecule has 0 bridgehead atoms. The van der Waals surface area contributed by atoms with Crippen LogP contribution in [0.25, 0.3) is 11.0 Å². The largest absolute Gasteiger partial charge is 0.458 e. The van der Waals surface area contributed by atoms with Crippen LogP contribution in [-0.2, 0) is 13.0 Å². The predicted molar refractivity (Wildman–Crippen MR) is 75.2 cm³/mol. The van der Waals surface area contributed by atoms with E-state index in [1.54, 1.807) is 6.07 Å². The van der Waals surface area contributed by atoms with Crippen LogP contribution < -0.4 is 5.32 Å². The molecular weight excluding hydrogens is 297 g/mol. The third-order valence-electron chi connectivity index (χ3n) is 2.96. The third kappa shape index (κ3) is 2.45. The van der Waals surface area contributed by atoms with Crippen LogP contribution in [0.3, 0.4) is 0 Å². The number of hydrogen-bond acceptors (Lipinski definition) is 2. The van der Waals surface area contributed by atoms with Crippen molar-refractivity contribution in [2.75, 3.05) is 6.54 Å². The van der Waals surface area contributed by atoms with Crippen LogP contribution in [0.15, 0.2) is 21.0 Å². The maximum atomic E-state index is 14.0. The van der Waals surface area contributed by atoms with Gasteiger partial charge in [0.05, 0.1) is 16.4 Å². The van der Waals surface area contributed by atoms with E-state index in [0.29, 0.717) is 17.5 Å². The first kappa shape index (κ1) is 13.6. The summed E-state index contributed by atoms with van der Waals surface area (Å²) in [5.74, 6) is 0.641. The molecule has 18 heavy (non-hydrogen) atoms. The summed E-state index contributed by atoms with van der Waals surface area (Å²) in [7, 11) is 0. The second-order valence-electron chi connectivity index (χ2n) is 4.27. The van der Waals surface area contributed by atoms with Gasteiger partial charge in [-0.05, 0) is 41.0 Å². The Balaban J connectivity index is 2.59. The molecule has 0 aliphatic rings. The Labute approximate surface area is 115 Å². The van der Waals surface area contributed by atoms with Gasteiger partial charge in [-0.15, -0.1) is 0 Å². The summed E-state index contributed by atoms with van der Waals surface area (Å²) in [6.45, 7) is 5.64. The summed E-state index contributed by atoms with van der Waals surface area (Å²) in [6.07, 6.45) is 1.81. The maximum Gasteiger partial charge on any atom is 0.151 e. The smallest absolute Gasteiger partial charge is 0.151 e. The Bertz CT molecular complexity index is 550. The van der Waals surface area contributed by atoms with Crippen molar-refractivity contribution in [1.82, 2.24) is 5.32 Å². The van der Waals surface area contributed by atoms with E-state index in [1.165, 1.54) is 6.07 Å². The van der Waals surface area contributed by atoms with Crippen molar-refractivity contribution in [3.63, 3.8) is 0 Å². The molecule has 0 aliphatic carbocycles. The molecule has 0 aliphatic heterocycles. The van der Waals surface area contributed by atoms with Gasteiger partial charge in [0.15, 0.2) is 5.58 Å².